The number of carbonyl (C=O) groups excluding carboxylic acids is 1. The Morgan fingerprint density at radius 1 is 1.45 bits per heavy atom. The number of aromatic nitrogens is 3. The van der Waals surface area contributed by atoms with Gasteiger partial charge in [-0.1, -0.05) is 11.3 Å². The van der Waals surface area contributed by atoms with E-state index in [1.807, 2.05) is 19.9 Å². The first-order valence-electron chi connectivity index (χ1n) is 6.16. The highest BCUT2D eigenvalue weighted by Gasteiger charge is 2.10. The SMILES string of the molecule is Cc1cc(C)c(-n2cc(CNC(=O)CN)nn2)c(Br)c1. The van der Waals surface area contributed by atoms with Crippen LogP contribution >= 0.6 is 15.9 Å². The van der Waals surface area contributed by atoms with E-state index in [1.165, 1.54) is 5.56 Å². The van der Waals surface area contributed by atoms with Crippen LogP contribution in [-0.2, 0) is 11.3 Å². The van der Waals surface area contributed by atoms with Crippen LogP contribution in [0.25, 0.3) is 5.69 Å². The van der Waals surface area contributed by atoms with Crippen LogP contribution < -0.4 is 11.1 Å². The Morgan fingerprint density at radius 2 is 2.20 bits per heavy atom. The van der Waals surface area contributed by atoms with Crippen molar-refractivity contribution < 1.29 is 4.79 Å². The van der Waals surface area contributed by atoms with Gasteiger partial charge in [-0.2, -0.15) is 0 Å². The normalized spacial score (nSPS) is 10.6. The minimum atomic E-state index is -0.216. The molecule has 1 aromatic heterocycles. The molecule has 0 aliphatic heterocycles. The van der Waals surface area contributed by atoms with E-state index in [-0.39, 0.29) is 12.5 Å². The lowest BCUT2D eigenvalue weighted by Gasteiger charge is -2.09. The van der Waals surface area contributed by atoms with Crippen LogP contribution in [0.15, 0.2) is 22.8 Å². The molecule has 6 nitrogen and oxygen atoms in total. The molecule has 0 fully saturated rings. The molecule has 1 heterocycles. The van der Waals surface area contributed by atoms with E-state index in [1.54, 1.807) is 10.9 Å². The lowest BCUT2D eigenvalue weighted by molar-refractivity contribution is -0.119. The summed E-state index contributed by atoms with van der Waals surface area (Å²) in [7, 11) is 0. The number of carbonyl (C=O) groups is 1. The van der Waals surface area contributed by atoms with Crippen molar-refractivity contribution in [3.8, 4) is 5.69 Å². The minimum Gasteiger partial charge on any atom is -0.349 e. The maximum atomic E-state index is 11.1. The molecule has 0 saturated carbocycles. The van der Waals surface area contributed by atoms with E-state index in [0.717, 1.165) is 15.7 Å². The van der Waals surface area contributed by atoms with Crippen molar-refractivity contribution in [2.75, 3.05) is 6.54 Å². The fourth-order valence-electron chi connectivity index (χ4n) is 1.95. The topological polar surface area (TPSA) is 85.8 Å². The summed E-state index contributed by atoms with van der Waals surface area (Å²) in [6, 6.07) is 4.11. The monoisotopic (exact) mass is 337 g/mol. The van der Waals surface area contributed by atoms with Gasteiger partial charge in [0.05, 0.1) is 25.0 Å². The van der Waals surface area contributed by atoms with Gasteiger partial charge in [-0.05, 0) is 47.0 Å². The number of benzene rings is 1. The Kier molecular flexibility index (Phi) is 4.51. The summed E-state index contributed by atoms with van der Waals surface area (Å²) in [5.74, 6) is -0.216. The molecule has 0 saturated heterocycles. The van der Waals surface area contributed by atoms with Gasteiger partial charge in [0.15, 0.2) is 0 Å². The number of nitrogens with two attached hydrogens (primary N) is 1. The van der Waals surface area contributed by atoms with E-state index in [4.69, 9.17) is 5.73 Å². The molecule has 0 bridgehead atoms. The highest BCUT2D eigenvalue weighted by molar-refractivity contribution is 9.10. The largest absolute Gasteiger partial charge is 0.349 e. The van der Waals surface area contributed by atoms with Crippen molar-refractivity contribution in [3.63, 3.8) is 0 Å². The predicted molar refractivity (Wildman–Crippen MR) is 79.4 cm³/mol. The highest BCUT2D eigenvalue weighted by atomic mass is 79.9. The Balaban J connectivity index is 2.23. The summed E-state index contributed by atoms with van der Waals surface area (Å²) < 4.78 is 2.65. The van der Waals surface area contributed by atoms with Crippen LogP contribution in [0.1, 0.15) is 16.8 Å². The van der Waals surface area contributed by atoms with Crippen LogP contribution in [0.5, 0.6) is 0 Å². The molecule has 0 aliphatic rings. The van der Waals surface area contributed by atoms with Gasteiger partial charge in [0.1, 0.15) is 5.69 Å². The maximum Gasteiger partial charge on any atom is 0.234 e. The van der Waals surface area contributed by atoms with Crippen molar-refractivity contribution in [1.82, 2.24) is 20.3 Å². The molecule has 3 N–H and O–H groups in total. The summed E-state index contributed by atoms with van der Waals surface area (Å²) in [6.07, 6.45) is 1.79. The van der Waals surface area contributed by atoms with Gasteiger partial charge >= 0.3 is 0 Å². The van der Waals surface area contributed by atoms with Crippen LogP contribution in [0.2, 0.25) is 0 Å². The molecule has 106 valence electrons. The molecule has 0 atom stereocenters. The molecule has 7 heteroatoms. The number of amides is 1. The first-order valence-corrected chi connectivity index (χ1v) is 6.95. The van der Waals surface area contributed by atoms with Crippen LogP contribution in [0.3, 0.4) is 0 Å². The van der Waals surface area contributed by atoms with E-state index in [2.05, 4.69) is 37.6 Å². The number of nitrogens with one attached hydrogen (secondary N) is 1. The van der Waals surface area contributed by atoms with E-state index < -0.39 is 0 Å². The molecule has 0 spiro atoms. The van der Waals surface area contributed by atoms with Gasteiger partial charge in [-0.25, -0.2) is 4.68 Å². The van der Waals surface area contributed by atoms with Crippen molar-refractivity contribution in [2.24, 2.45) is 5.73 Å². The number of rotatable bonds is 4. The second-order valence-electron chi connectivity index (χ2n) is 4.55. The van der Waals surface area contributed by atoms with Gasteiger partial charge < -0.3 is 11.1 Å². The molecule has 20 heavy (non-hydrogen) atoms. The third-order valence-electron chi connectivity index (χ3n) is 2.82. The average molecular weight is 338 g/mol. The van der Waals surface area contributed by atoms with Crippen molar-refractivity contribution in [2.45, 2.75) is 20.4 Å². The Labute approximate surface area is 125 Å². The summed E-state index contributed by atoms with van der Waals surface area (Å²) in [6.45, 7) is 4.34. The fourth-order valence-corrected chi connectivity index (χ4v) is 2.80. The summed E-state index contributed by atoms with van der Waals surface area (Å²) in [5, 5.41) is 10.8. The molecule has 0 unspecified atom stereocenters. The molecular weight excluding hydrogens is 322 g/mol. The van der Waals surface area contributed by atoms with Gasteiger partial charge in [-0.15, -0.1) is 5.10 Å². The van der Waals surface area contributed by atoms with Gasteiger partial charge in [0, 0.05) is 4.47 Å². The zero-order valence-electron chi connectivity index (χ0n) is 11.4. The van der Waals surface area contributed by atoms with E-state index >= 15 is 0 Å². The third kappa shape index (κ3) is 3.23. The molecular formula is C13H16BrN5O. The Morgan fingerprint density at radius 3 is 2.85 bits per heavy atom. The predicted octanol–water partition coefficient (Wildman–Crippen LogP) is 1.22. The lowest BCUT2D eigenvalue weighted by Crippen LogP contribution is -2.29. The van der Waals surface area contributed by atoms with E-state index in [0.29, 0.717) is 12.2 Å². The molecule has 1 aromatic carbocycles. The number of halogens is 1. The molecule has 0 radical (unpaired) electrons. The molecule has 2 rings (SSSR count). The highest BCUT2D eigenvalue weighted by Crippen LogP contribution is 2.25. The van der Waals surface area contributed by atoms with Crippen molar-refractivity contribution >= 4 is 21.8 Å². The number of nitrogens with zero attached hydrogens (tertiary/aromatic N) is 3. The zero-order chi connectivity index (χ0) is 14.7. The summed E-state index contributed by atoms with van der Waals surface area (Å²) in [4.78, 5) is 11.1. The van der Waals surface area contributed by atoms with Crippen molar-refractivity contribution in [3.05, 3.63) is 39.6 Å². The quantitative estimate of drug-likeness (QED) is 0.878. The van der Waals surface area contributed by atoms with Crippen LogP contribution in [0, 0.1) is 13.8 Å². The third-order valence-corrected chi connectivity index (χ3v) is 3.42. The smallest absolute Gasteiger partial charge is 0.234 e. The number of aryl methyl sites for hydroxylation is 2. The molecule has 2 aromatic rings. The second-order valence-corrected chi connectivity index (χ2v) is 5.40. The second kappa shape index (κ2) is 6.15. The van der Waals surface area contributed by atoms with Crippen LogP contribution in [-0.4, -0.2) is 27.4 Å². The lowest BCUT2D eigenvalue weighted by atomic mass is 10.1. The number of hydrogen-bond acceptors (Lipinski definition) is 4. The Hall–Kier alpha value is -1.73. The first-order chi connectivity index (χ1) is 9.51. The van der Waals surface area contributed by atoms with Crippen molar-refractivity contribution in [1.29, 1.82) is 0 Å². The summed E-state index contributed by atoms with van der Waals surface area (Å²) in [5.41, 5.74) is 9.12. The van der Waals surface area contributed by atoms with Crippen LogP contribution in [0.4, 0.5) is 0 Å². The number of hydrogen-bond donors (Lipinski definition) is 2. The first kappa shape index (κ1) is 14.7. The summed E-state index contributed by atoms with van der Waals surface area (Å²) >= 11 is 3.54. The van der Waals surface area contributed by atoms with Gasteiger partial charge in [0.2, 0.25) is 5.91 Å². The Bertz CT molecular complexity index is 614. The fraction of sp³-hybridized carbons (Fsp3) is 0.308. The molecule has 1 amide bonds. The molecule has 0 aliphatic carbocycles. The zero-order valence-corrected chi connectivity index (χ0v) is 12.9. The van der Waals surface area contributed by atoms with Gasteiger partial charge in [-0.3, -0.25) is 4.79 Å². The standard InChI is InChI=1S/C13H16BrN5O/c1-8-3-9(2)13(11(14)4-8)19-7-10(17-18-19)6-16-12(20)5-15/h3-4,7H,5-6,15H2,1-2H3,(H,16,20). The van der Waals surface area contributed by atoms with E-state index in [9.17, 15) is 4.79 Å². The van der Waals surface area contributed by atoms with Gasteiger partial charge in [0.25, 0.3) is 0 Å². The minimum absolute atomic E-state index is 0.0310. The maximum absolute atomic E-state index is 11.1. The average Bonchev–Trinajstić information content (AvgIpc) is 2.83.